The molecule has 1 aliphatic heterocycles. The summed E-state index contributed by atoms with van der Waals surface area (Å²) in [5.41, 5.74) is 5.03. The molecule has 0 radical (unpaired) electrons. The molecule has 4 aromatic rings. The van der Waals surface area contributed by atoms with Crippen molar-refractivity contribution in [2.75, 3.05) is 31.1 Å². The predicted molar refractivity (Wildman–Crippen MR) is 151 cm³/mol. The summed E-state index contributed by atoms with van der Waals surface area (Å²) in [7, 11) is 1.89. The smallest absolute Gasteiger partial charge is 0.337 e. The number of carboxylic acids is 1. The number of benzene rings is 2. The molecular formula is C29H30Cl2N4O3. The molecule has 0 bridgehead atoms. The van der Waals surface area contributed by atoms with E-state index in [2.05, 4.69) is 27.9 Å². The van der Waals surface area contributed by atoms with Crippen LogP contribution in [0.1, 0.15) is 47.4 Å². The zero-order valence-electron chi connectivity index (χ0n) is 21.5. The molecule has 1 atom stereocenters. The Morgan fingerprint density at radius 3 is 2.61 bits per heavy atom. The third-order valence-electron chi connectivity index (χ3n) is 7.95. The molecule has 3 heterocycles. The fraction of sp³-hybridized carbons (Fsp3) is 0.379. The molecule has 2 aliphatic rings. The van der Waals surface area contributed by atoms with Crippen LogP contribution in [0.15, 0.2) is 47.1 Å². The molecule has 2 aromatic heterocycles. The molecule has 1 saturated heterocycles. The lowest BCUT2D eigenvalue weighted by Crippen LogP contribution is -2.52. The summed E-state index contributed by atoms with van der Waals surface area (Å²) in [6.45, 7) is 5.87. The number of aromatic nitrogens is 2. The number of anilines is 1. The van der Waals surface area contributed by atoms with Crippen molar-refractivity contribution in [3.63, 3.8) is 0 Å². The van der Waals surface area contributed by atoms with Crippen molar-refractivity contribution in [2.45, 2.75) is 38.1 Å². The zero-order valence-corrected chi connectivity index (χ0v) is 23.0. The van der Waals surface area contributed by atoms with E-state index in [0.717, 1.165) is 84.6 Å². The van der Waals surface area contributed by atoms with Gasteiger partial charge in [-0.15, -0.1) is 0 Å². The largest absolute Gasteiger partial charge is 0.478 e. The molecule has 7 nitrogen and oxygen atoms in total. The molecule has 38 heavy (non-hydrogen) atoms. The summed E-state index contributed by atoms with van der Waals surface area (Å²) in [5, 5.41) is 15.9. The first-order valence-corrected chi connectivity index (χ1v) is 13.8. The highest BCUT2D eigenvalue weighted by atomic mass is 35.5. The van der Waals surface area contributed by atoms with Gasteiger partial charge in [0.25, 0.3) is 0 Å². The molecule has 9 heteroatoms. The van der Waals surface area contributed by atoms with Crippen LogP contribution in [-0.2, 0) is 13.5 Å². The van der Waals surface area contributed by atoms with Gasteiger partial charge in [0.15, 0.2) is 0 Å². The molecule has 198 valence electrons. The maximum Gasteiger partial charge on any atom is 0.337 e. The summed E-state index contributed by atoms with van der Waals surface area (Å²) < 4.78 is 7.74. The molecular weight excluding hydrogens is 523 g/mol. The van der Waals surface area contributed by atoms with Crippen molar-refractivity contribution in [1.82, 2.24) is 14.6 Å². The lowest BCUT2D eigenvalue weighted by Gasteiger charge is -2.41. The van der Waals surface area contributed by atoms with Crippen LogP contribution in [0, 0.1) is 0 Å². The minimum Gasteiger partial charge on any atom is -0.478 e. The van der Waals surface area contributed by atoms with E-state index in [9.17, 15) is 9.90 Å². The quantitative estimate of drug-likeness (QED) is 0.283. The highest BCUT2D eigenvalue weighted by molar-refractivity contribution is 6.39. The Labute approximate surface area is 231 Å². The van der Waals surface area contributed by atoms with Crippen molar-refractivity contribution >= 4 is 45.8 Å². The van der Waals surface area contributed by atoms with Crippen LogP contribution in [0.3, 0.4) is 0 Å². The lowest BCUT2D eigenvalue weighted by atomic mass is 10.0. The number of fused-ring (bicyclic) bond motifs is 1. The molecule has 0 amide bonds. The summed E-state index contributed by atoms with van der Waals surface area (Å²) in [4.78, 5) is 16.5. The van der Waals surface area contributed by atoms with E-state index < -0.39 is 5.97 Å². The third-order valence-corrected chi connectivity index (χ3v) is 8.58. The van der Waals surface area contributed by atoms with Gasteiger partial charge >= 0.3 is 5.97 Å². The summed E-state index contributed by atoms with van der Waals surface area (Å²) >= 11 is 13.1. The number of rotatable bonds is 7. The lowest BCUT2D eigenvalue weighted by molar-refractivity contribution is 0.0699. The second kappa shape index (κ2) is 9.95. The maximum atomic E-state index is 11.6. The summed E-state index contributed by atoms with van der Waals surface area (Å²) in [5.74, 6) is 0.526. The van der Waals surface area contributed by atoms with Gasteiger partial charge in [-0.3, -0.25) is 4.90 Å². The van der Waals surface area contributed by atoms with Crippen LogP contribution in [0.4, 0.5) is 5.69 Å². The van der Waals surface area contributed by atoms with Gasteiger partial charge in [0.1, 0.15) is 11.5 Å². The van der Waals surface area contributed by atoms with Crippen molar-refractivity contribution < 1.29 is 14.4 Å². The fourth-order valence-electron chi connectivity index (χ4n) is 5.71. The van der Waals surface area contributed by atoms with Crippen molar-refractivity contribution in [1.29, 1.82) is 0 Å². The second-order valence-electron chi connectivity index (χ2n) is 10.5. The average Bonchev–Trinajstić information content (AvgIpc) is 3.57. The number of hydrogen-bond acceptors (Lipinski definition) is 5. The molecule has 1 saturated carbocycles. The van der Waals surface area contributed by atoms with E-state index in [0.29, 0.717) is 27.6 Å². The van der Waals surface area contributed by atoms with Gasteiger partial charge in [0.05, 0.1) is 21.1 Å². The number of carbonyl (C=O) groups is 1. The van der Waals surface area contributed by atoms with E-state index in [-0.39, 0.29) is 0 Å². The summed E-state index contributed by atoms with van der Waals surface area (Å²) in [6, 6.07) is 11.9. The third kappa shape index (κ3) is 4.57. The first-order chi connectivity index (χ1) is 18.3. The van der Waals surface area contributed by atoms with Crippen LogP contribution in [-0.4, -0.2) is 57.9 Å². The minimum atomic E-state index is -0.900. The first kappa shape index (κ1) is 25.3. The predicted octanol–water partition coefficient (Wildman–Crippen LogP) is 6.47. The SMILES string of the molecule is CC1CN(c2ccc3c(C(=O)O)cn(C)c3c2)CCN1CCc1c(-c2c(Cl)cccc2Cl)noc1C1CC1. The van der Waals surface area contributed by atoms with Gasteiger partial charge < -0.3 is 19.1 Å². The molecule has 2 fully saturated rings. The van der Waals surface area contributed by atoms with E-state index >= 15 is 0 Å². The Kier molecular flexibility index (Phi) is 6.62. The van der Waals surface area contributed by atoms with Gasteiger partial charge in [-0.25, -0.2) is 4.79 Å². The Bertz CT molecular complexity index is 1500. The fourth-order valence-corrected chi connectivity index (χ4v) is 6.28. The first-order valence-electron chi connectivity index (χ1n) is 13.1. The number of halogens is 2. The van der Waals surface area contributed by atoms with Crippen LogP contribution >= 0.6 is 23.2 Å². The van der Waals surface area contributed by atoms with Crippen molar-refractivity contribution in [3.05, 3.63) is 69.5 Å². The molecule has 1 unspecified atom stereocenters. The minimum absolute atomic E-state index is 0.337. The highest BCUT2D eigenvalue weighted by Gasteiger charge is 2.34. The van der Waals surface area contributed by atoms with Crippen molar-refractivity contribution in [3.8, 4) is 11.3 Å². The van der Waals surface area contributed by atoms with Gasteiger partial charge in [-0.05, 0) is 56.5 Å². The maximum absolute atomic E-state index is 11.6. The molecule has 1 aliphatic carbocycles. The number of aromatic carboxylic acids is 1. The van der Waals surface area contributed by atoms with E-state index in [1.54, 1.807) is 6.20 Å². The van der Waals surface area contributed by atoms with Gasteiger partial charge in [0, 0.05) is 73.6 Å². The van der Waals surface area contributed by atoms with Gasteiger partial charge in [-0.2, -0.15) is 0 Å². The number of hydrogen-bond donors (Lipinski definition) is 1. The second-order valence-corrected chi connectivity index (χ2v) is 11.3. The van der Waals surface area contributed by atoms with Gasteiger partial charge in [0.2, 0.25) is 0 Å². The number of carboxylic acid groups (broad SMARTS) is 1. The van der Waals surface area contributed by atoms with Crippen LogP contribution in [0.2, 0.25) is 10.0 Å². The Morgan fingerprint density at radius 2 is 1.92 bits per heavy atom. The van der Waals surface area contributed by atoms with E-state index in [1.165, 1.54) is 0 Å². The summed E-state index contributed by atoms with van der Waals surface area (Å²) in [6.07, 6.45) is 4.77. The number of aryl methyl sites for hydroxylation is 1. The number of piperazine rings is 1. The zero-order chi connectivity index (χ0) is 26.6. The standard InChI is InChI=1S/C29H30Cl2N4O3/c1-17-15-35(19-8-9-20-22(29(36)37)16-33(2)25(20)14-19)13-12-34(17)11-10-21-27(32-38-28(21)18-6-7-18)26-23(30)4-3-5-24(26)31/h3-5,8-9,14,16-18H,6-7,10-13,15H2,1-2H3,(H,36,37). The topological polar surface area (TPSA) is 74.7 Å². The van der Waals surface area contributed by atoms with Crippen LogP contribution in [0.5, 0.6) is 0 Å². The monoisotopic (exact) mass is 552 g/mol. The Morgan fingerprint density at radius 1 is 1.16 bits per heavy atom. The van der Waals surface area contributed by atoms with Gasteiger partial charge in [-0.1, -0.05) is 34.4 Å². The van der Waals surface area contributed by atoms with Crippen LogP contribution < -0.4 is 4.90 Å². The van der Waals surface area contributed by atoms with E-state index in [4.69, 9.17) is 27.7 Å². The molecule has 6 rings (SSSR count). The highest BCUT2D eigenvalue weighted by Crippen LogP contribution is 2.46. The molecule has 1 N–H and O–H groups in total. The molecule has 0 spiro atoms. The Hall–Kier alpha value is -3.00. The van der Waals surface area contributed by atoms with Crippen LogP contribution in [0.25, 0.3) is 22.2 Å². The van der Waals surface area contributed by atoms with E-state index in [1.807, 2.05) is 41.9 Å². The normalized spacial score (nSPS) is 18.4. The average molecular weight is 553 g/mol. The molecule has 2 aromatic carbocycles. The van der Waals surface area contributed by atoms with Crippen molar-refractivity contribution in [2.24, 2.45) is 7.05 Å². The number of nitrogens with zero attached hydrogens (tertiary/aromatic N) is 4. The Balaban J connectivity index is 1.18.